The number of likely N-dealkylation sites (tertiary alicyclic amines) is 1. The fourth-order valence-corrected chi connectivity index (χ4v) is 3.38. The zero-order chi connectivity index (χ0) is 16.5. The lowest BCUT2D eigenvalue weighted by molar-refractivity contribution is -0.145. The number of morpholine rings is 1. The van der Waals surface area contributed by atoms with Crippen molar-refractivity contribution >= 4 is 17.4 Å². The first-order chi connectivity index (χ1) is 11.7. The highest BCUT2D eigenvalue weighted by Gasteiger charge is 2.31. The molecule has 4 heterocycles. The summed E-state index contributed by atoms with van der Waals surface area (Å²) in [6.45, 7) is 5.37. The summed E-state index contributed by atoms with van der Waals surface area (Å²) in [4.78, 5) is 16.7. The Kier molecular flexibility index (Phi) is 4.05. The molecule has 128 valence electrons. The van der Waals surface area contributed by atoms with E-state index in [2.05, 4.69) is 20.2 Å². The standard InChI is InChI=1S/C16H22N6O2/c1-12-17-18-14-5-6-15(19-22(12)14)21-9-10-24-13(11-21)16(23)20-7-3-2-4-8-20/h5-6,13H,2-4,7-11H2,1H3. The Morgan fingerprint density at radius 2 is 2.00 bits per heavy atom. The Morgan fingerprint density at radius 3 is 2.83 bits per heavy atom. The molecule has 4 rings (SSSR count). The van der Waals surface area contributed by atoms with Gasteiger partial charge >= 0.3 is 0 Å². The van der Waals surface area contributed by atoms with Crippen molar-refractivity contribution in [3.8, 4) is 0 Å². The van der Waals surface area contributed by atoms with E-state index in [0.29, 0.717) is 13.2 Å². The molecule has 0 aliphatic carbocycles. The van der Waals surface area contributed by atoms with Crippen molar-refractivity contribution in [3.63, 3.8) is 0 Å². The summed E-state index contributed by atoms with van der Waals surface area (Å²) in [7, 11) is 0. The van der Waals surface area contributed by atoms with E-state index in [9.17, 15) is 4.79 Å². The maximum Gasteiger partial charge on any atom is 0.253 e. The number of hydrogen-bond acceptors (Lipinski definition) is 6. The van der Waals surface area contributed by atoms with Gasteiger partial charge in [0.2, 0.25) is 0 Å². The minimum absolute atomic E-state index is 0.112. The van der Waals surface area contributed by atoms with Gasteiger partial charge in [-0.15, -0.1) is 15.3 Å². The van der Waals surface area contributed by atoms with Gasteiger partial charge in [0, 0.05) is 19.6 Å². The summed E-state index contributed by atoms with van der Waals surface area (Å²) in [5.41, 5.74) is 0.727. The van der Waals surface area contributed by atoms with Crippen LogP contribution in [-0.2, 0) is 9.53 Å². The molecule has 0 spiro atoms. The molecular formula is C16H22N6O2. The van der Waals surface area contributed by atoms with E-state index in [-0.39, 0.29) is 5.91 Å². The summed E-state index contributed by atoms with van der Waals surface area (Å²) in [5.74, 6) is 1.69. The van der Waals surface area contributed by atoms with Crippen molar-refractivity contribution in [2.75, 3.05) is 37.7 Å². The lowest BCUT2D eigenvalue weighted by Gasteiger charge is -2.36. The first-order valence-corrected chi connectivity index (χ1v) is 8.57. The Balaban J connectivity index is 1.50. The molecule has 0 saturated carbocycles. The maximum atomic E-state index is 12.7. The Hall–Kier alpha value is -2.22. The van der Waals surface area contributed by atoms with Crippen LogP contribution >= 0.6 is 0 Å². The molecule has 0 bridgehead atoms. The van der Waals surface area contributed by atoms with E-state index in [1.165, 1.54) is 6.42 Å². The second kappa shape index (κ2) is 6.35. The molecule has 8 heteroatoms. The number of ether oxygens (including phenoxy) is 1. The topological polar surface area (TPSA) is 75.9 Å². The van der Waals surface area contributed by atoms with Crippen molar-refractivity contribution in [3.05, 3.63) is 18.0 Å². The molecule has 2 aliphatic rings. The molecule has 1 amide bonds. The lowest BCUT2D eigenvalue weighted by Crippen LogP contribution is -2.52. The zero-order valence-corrected chi connectivity index (χ0v) is 13.9. The lowest BCUT2D eigenvalue weighted by atomic mass is 10.1. The largest absolute Gasteiger partial charge is 0.365 e. The predicted octanol–water partition coefficient (Wildman–Crippen LogP) is 0.650. The number of nitrogens with zero attached hydrogens (tertiary/aromatic N) is 6. The highest BCUT2D eigenvalue weighted by molar-refractivity contribution is 5.82. The number of aryl methyl sites for hydroxylation is 1. The van der Waals surface area contributed by atoms with Crippen LogP contribution in [0.1, 0.15) is 25.1 Å². The molecule has 0 N–H and O–H groups in total. The van der Waals surface area contributed by atoms with E-state index in [0.717, 1.165) is 49.8 Å². The van der Waals surface area contributed by atoms with E-state index in [4.69, 9.17) is 4.74 Å². The smallest absolute Gasteiger partial charge is 0.253 e. The molecule has 1 atom stereocenters. The predicted molar refractivity (Wildman–Crippen MR) is 87.9 cm³/mol. The van der Waals surface area contributed by atoms with Gasteiger partial charge in [-0.3, -0.25) is 4.79 Å². The monoisotopic (exact) mass is 330 g/mol. The number of carbonyl (C=O) groups is 1. The third kappa shape index (κ3) is 2.82. The van der Waals surface area contributed by atoms with Crippen LogP contribution in [0.15, 0.2) is 12.1 Å². The number of hydrogen-bond donors (Lipinski definition) is 0. The number of anilines is 1. The van der Waals surface area contributed by atoms with Crippen LogP contribution < -0.4 is 4.90 Å². The zero-order valence-electron chi connectivity index (χ0n) is 13.9. The molecule has 2 fully saturated rings. The molecule has 24 heavy (non-hydrogen) atoms. The third-order valence-corrected chi connectivity index (χ3v) is 4.74. The Bertz CT molecular complexity index is 739. The fraction of sp³-hybridized carbons (Fsp3) is 0.625. The number of aromatic nitrogens is 4. The number of piperidine rings is 1. The molecule has 2 aromatic rings. The van der Waals surface area contributed by atoms with E-state index in [1.807, 2.05) is 24.0 Å². The average Bonchev–Trinajstić information content (AvgIpc) is 3.02. The van der Waals surface area contributed by atoms with E-state index < -0.39 is 6.10 Å². The van der Waals surface area contributed by atoms with Gasteiger partial charge in [-0.25, -0.2) is 0 Å². The fourth-order valence-electron chi connectivity index (χ4n) is 3.38. The first-order valence-electron chi connectivity index (χ1n) is 8.57. The minimum atomic E-state index is -0.406. The first kappa shape index (κ1) is 15.3. The molecule has 1 unspecified atom stereocenters. The molecule has 0 radical (unpaired) electrons. The SMILES string of the molecule is Cc1nnc2ccc(N3CCOC(C(=O)N4CCCCC4)C3)nn12. The van der Waals surface area contributed by atoms with Crippen LogP contribution in [0, 0.1) is 6.92 Å². The summed E-state index contributed by atoms with van der Waals surface area (Å²) in [6.07, 6.45) is 2.99. The molecule has 2 aromatic heterocycles. The van der Waals surface area contributed by atoms with E-state index in [1.54, 1.807) is 4.52 Å². The maximum absolute atomic E-state index is 12.7. The highest BCUT2D eigenvalue weighted by Crippen LogP contribution is 2.18. The van der Waals surface area contributed by atoms with Crippen molar-refractivity contribution in [1.82, 2.24) is 24.7 Å². The molecule has 2 saturated heterocycles. The summed E-state index contributed by atoms with van der Waals surface area (Å²) >= 11 is 0. The Labute approximate surface area is 140 Å². The van der Waals surface area contributed by atoms with Crippen LogP contribution in [-0.4, -0.2) is 69.5 Å². The number of rotatable bonds is 2. The van der Waals surface area contributed by atoms with Crippen molar-refractivity contribution < 1.29 is 9.53 Å². The molecular weight excluding hydrogens is 308 g/mol. The van der Waals surface area contributed by atoms with E-state index >= 15 is 0 Å². The summed E-state index contributed by atoms with van der Waals surface area (Å²) < 4.78 is 7.48. The number of carbonyl (C=O) groups excluding carboxylic acids is 1. The van der Waals surface area contributed by atoms with Gasteiger partial charge in [-0.2, -0.15) is 4.52 Å². The van der Waals surface area contributed by atoms with Gasteiger partial charge in [0.25, 0.3) is 5.91 Å². The molecule has 8 nitrogen and oxygen atoms in total. The second-order valence-electron chi connectivity index (χ2n) is 6.40. The average molecular weight is 330 g/mol. The number of fused-ring (bicyclic) bond motifs is 1. The van der Waals surface area contributed by atoms with Crippen LogP contribution in [0.5, 0.6) is 0 Å². The quantitative estimate of drug-likeness (QED) is 0.805. The Morgan fingerprint density at radius 1 is 1.17 bits per heavy atom. The minimum Gasteiger partial charge on any atom is -0.365 e. The van der Waals surface area contributed by atoms with Crippen LogP contribution in [0.2, 0.25) is 0 Å². The molecule has 0 aromatic carbocycles. The van der Waals surface area contributed by atoms with Crippen molar-refractivity contribution in [1.29, 1.82) is 0 Å². The van der Waals surface area contributed by atoms with Crippen LogP contribution in [0.25, 0.3) is 5.65 Å². The van der Waals surface area contributed by atoms with Gasteiger partial charge in [0.15, 0.2) is 17.6 Å². The van der Waals surface area contributed by atoms with Crippen LogP contribution in [0.3, 0.4) is 0 Å². The van der Waals surface area contributed by atoms with Gasteiger partial charge in [-0.1, -0.05) is 0 Å². The van der Waals surface area contributed by atoms with Gasteiger partial charge in [0.1, 0.15) is 5.82 Å². The third-order valence-electron chi connectivity index (χ3n) is 4.74. The normalized spacial score (nSPS) is 22.1. The number of amides is 1. The molecule has 2 aliphatic heterocycles. The van der Waals surface area contributed by atoms with Crippen molar-refractivity contribution in [2.45, 2.75) is 32.3 Å². The van der Waals surface area contributed by atoms with Crippen molar-refractivity contribution in [2.24, 2.45) is 0 Å². The second-order valence-corrected chi connectivity index (χ2v) is 6.40. The van der Waals surface area contributed by atoms with Crippen LogP contribution in [0.4, 0.5) is 5.82 Å². The summed E-state index contributed by atoms with van der Waals surface area (Å²) in [6, 6.07) is 3.83. The summed E-state index contributed by atoms with van der Waals surface area (Å²) in [5, 5.41) is 12.7. The van der Waals surface area contributed by atoms with Gasteiger partial charge in [-0.05, 0) is 38.3 Å². The van der Waals surface area contributed by atoms with Gasteiger partial charge in [0.05, 0.1) is 13.2 Å². The van der Waals surface area contributed by atoms with Gasteiger partial charge < -0.3 is 14.5 Å². The highest BCUT2D eigenvalue weighted by atomic mass is 16.5.